The summed E-state index contributed by atoms with van der Waals surface area (Å²) in [6, 6.07) is 17.0. The number of nitrogens with zero attached hydrogens (tertiary/aromatic N) is 6. The molecule has 0 saturated carbocycles. The molecule has 10 heteroatoms. The fraction of sp³-hybridized carbons (Fsp3) is 0.0952. The first-order valence-electron chi connectivity index (χ1n) is 9.33. The summed E-state index contributed by atoms with van der Waals surface area (Å²) in [4.78, 5) is 13.4. The van der Waals surface area contributed by atoms with Gasteiger partial charge in [0, 0.05) is 20.9 Å². The number of rotatable bonds is 6. The zero-order valence-electron chi connectivity index (χ0n) is 16.7. The monoisotopic (exact) mass is 496 g/mol. The van der Waals surface area contributed by atoms with Crippen molar-refractivity contribution in [2.45, 2.75) is 13.8 Å². The van der Waals surface area contributed by atoms with Gasteiger partial charge in [0.1, 0.15) is 0 Å². The van der Waals surface area contributed by atoms with Crippen molar-refractivity contribution in [3.63, 3.8) is 0 Å². The average molecular weight is 498 g/mol. The molecular formula is C21H18BrClN8. The van der Waals surface area contributed by atoms with Crippen LogP contribution in [0.15, 0.2) is 64.2 Å². The molecule has 4 aromatic rings. The van der Waals surface area contributed by atoms with E-state index in [1.54, 1.807) is 23.0 Å². The average Bonchev–Trinajstić information content (AvgIpc) is 3.09. The normalized spacial score (nSPS) is 11.1. The summed E-state index contributed by atoms with van der Waals surface area (Å²) in [7, 11) is 0. The maximum Gasteiger partial charge on any atom is 0.257 e. The van der Waals surface area contributed by atoms with Gasteiger partial charge in [-0.1, -0.05) is 39.7 Å². The number of halogens is 2. The van der Waals surface area contributed by atoms with Crippen LogP contribution in [-0.4, -0.2) is 30.9 Å². The predicted molar refractivity (Wildman–Crippen MR) is 127 cm³/mol. The highest BCUT2D eigenvalue weighted by Crippen LogP contribution is 2.19. The molecule has 0 saturated heterocycles. The van der Waals surface area contributed by atoms with Gasteiger partial charge in [-0.3, -0.25) is 0 Å². The Hall–Kier alpha value is -3.30. The van der Waals surface area contributed by atoms with Crippen molar-refractivity contribution in [2.24, 2.45) is 5.10 Å². The molecule has 31 heavy (non-hydrogen) atoms. The summed E-state index contributed by atoms with van der Waals surface area (Å²) in [5.41, 5.74) is 6.37. The summed E-state index contributed by atoms with van der Waals surface area (Å²) in [5, 5.41) is 12.6. The molecule has 0 spiro atoms. The Morgan fingerprint density at radius 3 is 2.35 bits per heavy atom. The Balaban J connectivity index is 1.64. The van der Waals surface area contributed by atoms with Crippen molar-refractivity contribution in [2.75, 3.05) is 10.7 Å². The van der Waals surface area contributed by atoms with Gasteiger partial charge in [-0.2, -0.15) is 25.2 Å². The van der Waals surface area contributed by atoms with Crippen molar-refractivity contribution < 1.29 is 0 Å². The van der Waals surface area contributed by atoms with Crippen LogP contribution in [0, 0.1) is 13.8 Å². The van der Waals surface area contributed by atoms with Crippen LogP contribution in [0.1, 0.15) is 17.0 Å². The molecule has 0 amide bonds. The van der Waals surface area contributed by atoms with Crippen molar-refractivity contribution in [3.8, 4) is 5.95 Å². The Labute approximate surface area is 192 Å². The van der Waals surface area contributed by atoms with Gasteiger partial charge < -0.3 is 5.32 Å². The molecule has 0 aliphatic heterocycles. The van der Waals surface area contributed by atoms with Gasteiger partial charge in [0.05, 0.1) is 11.9 Å². The first kappa shape index (κ1) is 21.0. The largest absolute Gasteiger partial charge is 0.324 e. The molecule has 2 aromatic heterocycles. The standard InChI is InChI=1S/C21H18BrClN8/c1-13-11-14(2)31(30-13)21-27-19(25-18-9-5-16(22)6-10-18)26-20(28-21)29-24-12-15-3-7-17(23)8-4-15/h3-12H,1-2H3,(H2,25,26,27,28,29)/b24-12+. The van der Waals surface area contributed by atoms with Gasteiger partial charge in [-0.25, -0.2) is 10.1 Å². The summed E-state index contributed by atoms with van der Waals surface area (Å²) >= 11 is 9.35. The highest BCUT2D eigenvalue weighted by atomic mass is 79.9. The lowest BCUT2D eigenvalue weighted by molar-refractivity contribution is 0.767. The number of nitrogens with one attached hydrogen (secondary N) is 2. The number of aromatic nitrogens is 5. The number of hydrazone groups is 1. The number of hydrogen-bond donors (Lipinski definition) is 2. The fourth-order valence-electron chi connectivity index (χ4n) is 2.77. The molecule has 156 valence electrons. The van der Waals surface area contributed by atoms with Crippen molar-refractivity contribution in [1.82, 2.24) is 24.7 Å². The van der Waals surface area contributed by atoms with Crippen LogP contribution in [0.5, 0.6) is 0 Å². The summed E-state index contributed by atoms with van der Waals surface area (Å²) in [5.74, 6) is 1.02. The second kappa shape index (κ2) is 9.23. The molecule has 2 heterocycles. The SMILES string of the molecule is Cc1cc(C)n(-c2nc(N/N=C/c3ccc(Cl)cc3)nc(Nc3ccc(Br)cc3)n2)n1. The molecular weight excluding hydrogens is 480 g/mol. The van der Waals surface area contributed by atoms with Crippen molar-refractivity contribution in [1.29, 1.82) is 0 Å². The number of anilines is 3. The molecule has 8 nitrogen and oxygen atoms in total. The molecule has 0 fully saturated rings. The Kier molecular flexibility index (Phi) is 6.24. The smallest absolute Gasteiger partial charge is 0.257 e. The Bertz CT molecular complexity index is 1220. The van der Waals surface area contributed by atoms with Gasteiger partial charge in [-0.05, 0) is 61.9 Å². The topological polar surface area (TPSA) is 92.9 Å². The number of benzene rings is 2. The van der Waals surface area contributed by atoms with E-state index in [-0.39, 0.29) is 5.95 Å². The van der Waals surface area contributed by atoms with E-state index in [1.165, 1.54) is 0 Å². The third-order valence-electron chi connectivity index (χ3n) is 4.17. The second-order valence-corrected chi connectivity index (χ2v) is 8.03. The quantitative estimate of drug-likeness (QED) is 0.278. The molecule has 0 aliphatic rings. The van der Waals surface area contributed by atoms with E-state index in [1.807, 2.05) is 56.3 Å². The summed E-state index contributed by atoms with van der Waals surface area (Å²) < 4.78 is 2.65. The highest BCUT2D eigenvalue weighted by Gasteiger charge is 2.12. The van der Waals surface area contributed by atoms with E-state index in [0.717, 1.165) is 27.1 Å². The fourth-order valence-corrected chi connectivity index (χ4v) is 3.16. The van der Waals surface area contributed by atoms with Crippen LogP contribution >= 0.6 is 27.5 Å². The number of hydrogen-bond acceptors (Lipinski definition) is 7. The lowest BCUT2D eigenvalue weighted by Crippen LogP contribution is -2.11. The lowest BCUT2D eigenvalue weighted by atomic mass is 10.2. The zero-order chi connectivity index (χ0) is 21.8. The van der Waals surface area contributed by atoms with Crippen LogP contribution in [0.4, 0.5) is 17.6 Å². The van der Waals surface area contributed by atoms with Crippen LogP contribution in [0.2, 0.25) is 5.02 Å². The van der Waals surface area contributed by atoms with E-state index in [9.17, 15) is 0 Å². The molecule has 4 rings (SSSR count). The summed E-state index contributed by atoms with van der Waals surface area (Å²) in [6.45, 7) is 3.86. The number of aryl methyl sites for hydroxylation is 2. The minimum atomic E-state index is 0.280. The maximum atomic E-state index is 5.92. The van der Waals surface area contributed by atoms with Crippen LogP contribution in [0.3, 0.4) is 0 Å². The third-order valence-corrected chi connectivity index (χ3v) is 4.95. The van der Waals surface area contributed by atoms with E-state index in [2.05, 4.69) is 51.8 Å². The first-order valence-corrected chi connectivity index (χ1v) is 10.5. The van der Waals surface area contributed by atoms with E-state index < -0.39 is 0 Å². The van der Waals surface area contributed by atoms with E-state index in [0.29, 0.717) is 16.9 Å². The Morgan fingerprint density at radius 1 is 0.968 bits per heavy atom. The van der Waals surface area contributed by atoms with Crippen LogP contribution in [0.25, 0.3) is 5.95 Å². The lowest BCUT2D eigenvalue weighted by Gasteiger charge is -2.09. The molecule has 0 bridgehead atoms. The second-order valence-electron chi connectivity index (χ2n) is 6.67. The molecule has 2 N–H and O–H groups in total. The molecule has 2 aromatic carbocycles. The van der Waals surface area contributed by atoms with Crippen LogP contribution in [-0.2, 0) is 0 Å². The zero-order valence-corrected chi connectivity index (χ0v) is 19.1. The van der Waals surface area contributed by atoms with E-state index >= 15 is 0 Å². The van der Waals surface area contributed by atoms with Gasteiger partial charge in [-0.15, -0.1) is 0 Å². The van der Waals surface area contributed by atoms with Crippen LogP contribution < -0.4 is 10.7 Å². The summed E-state index contributed by atoms with van der Waals surface area (Å²) in [6.07, 6.45) is 1.66. The minimum Gasteiger partial charge on any atom is -0.324 e. The van der Waals surface area contributed by atoms with E-state index in [4.69, 9.17) is 11.6 Å². The molecule has 0 radical (unpaired) electrons. The predicted octanol–water partition coefficient (Wildman–Crippen LogP) is 5.28. The van der Waals surface area contributed by atoms with Crippen molar-refractivity contribution >= 4 is 51.3 Å². The van der Waals surface area contributed by atoms with Gasteiger partial charge in [0.15, 0.2) is 0 Å². The third kappa shape index (κ3) is 5.44. The first-order chi connectivity index (χ1) is 15.0. The van der Waals surface area contributed by atoms with Gasteiger partial charge >= 0.3 is 0 Å². The van der Waals surface area contributed by atoms with Gasteiger partial charge in [0.2, 0.25) is 11.9 Å². The minimum absolute atomic E-state index is 0.280. The maximum absolute atomic E-state index is 5.92. The van der Waals surface area contributed by atoms with Crippen molar-refractivity contribution in [3.05, 3.63) is 81.0 Å². The van der Waals surface area contributed by atoms with Gasteiger partial charge in [0.25, 0.3) is 5.95 Å². The molecule has 0 atom stereocenters. The highest BCUT2D eigenvalue weighted by molar-refractivity contribution is 9.10. The Morgan fingerprint density at radius 2 is 1.68 bits per heavy atom. The molecule has 0 unspecified atom stereocenters. The molecule has 0 aliphatic carbocycles.